The number of hydrogen-bond acceptors (Lipinski definition) is 3. The molecule has 0 aromatic heterocycles. The predicted octanol–water partition coefficient (Wildman–Crippen LogP) is 2.04. The fraction of sp³-hybridized carbons (Fsp3) is 1.00. The third-order valence-corrected chi connectivity index (χ3v) is 2.49. The maximum Gasteiger partial charge on any atom is 0.411 e. The van der Waals surface area contributed by atoms with E-state index in [1.165, 1.54) is 0 Å². The van der Waals surface area contributed by atoms with Gasteiger partial charge in [-0.1, -0.05) is 0 Å². The summed E-state index contributed by atoms with van der Waals surface area (Å²) < 4.78 is 39.2. The Kier molecular flexibility index (Phi) is 8.41. The maximum atomic E-state index is 11.6. The molecule has 0 unspecified atom stereocenters. The fourth-order valence-corrected chi connectivity index (χ4v) is 1.64. The van der Waals surface area contributed by atoms with E-state index in [4.69, 9.17) is 5.73 Å². The van der Waals surface area contributed by atoms with Crippen molar-refractivity contribution in [2.24, 2.45) is 5.73 Å². The average Bonchev–Trinajstić information content (AvgIpc) is 2.08. The fourth-order valence-electron chi connectivity index (χ4n) is 0.738. The molecule has 0 amide bonds. The Morgan fingerprint density at radius 2 is 1.79 bits per heavy atom. The standard InChI is InChI=1S/C8H16F3NOS/c9-8(10,11)7-13-4-2-6-14-5-1-3-12/h1-7,12H2. The molecule has 0 bridgehead atoms. The van der Waals surface area contributed by atoms with Gasteiger partial charge in [0.1, 0.15) is 6.61 Å². The predicted molar refractivity (Wildman–Crippen MR) is 52.5 cm³/mol. The van der Waals surface area contributed by atoms with E-state index in [-0.39, 0.29) is 6.61 Å². The summed E-state index contributed by atoms with van der Waals surface area (Å²) in [6.45, 7) is -0.298. The number of ether oxygens (including phenoxy) is 1. The Balaban J connectivity index is 2.99. The Hall–Kier alpha value is 0.0600. The number of hydrogen-bond donors (Lipinski definition) is 1. The number of rotatable bonds is 8. The molecule has 0 spiro atoms. The third-order valence-electron chi connectivity index (χ3n) is 1.34. The Morgan fingerprint density at radius 3 is 2.36 bits per heavy atom. The van der Waals surface area contributed by atoms with Crippen LogP contribution in [0, 0.1) is 0 Å². The van der Waals surface area contributed by atoms with Gasteiger partial charge in [-0.05, 0) is 30.9 Å². The van der Waals surface area contributed by atoms with Gasteiger partial charge >= 0.3 is 6.18 Å². The van der Waals surface area contributed by atoms with Gasteiger partial charge in [-0.2, -0.15) is 24.9 Å². The van der Waals surface area contributed by atoms with Crippen molar-refractivity contribution in [1.82, 2.24) is 0 Å². The van der Waals surface area contributed by atoms with Crippen LogP contribution in [0.5, 0.6) is 0 Å². The zero-order valence-electron chi connectivity index (χ0n) is 7.98. The lowest BCUT2D eigenvalue weighted by atomic mass is 10.5. The van der Waals surface area contributed by atoms with E-state index in [2.05, 4.69) is 4.74 Å². The molecule has 0 fully saturated rings. The molecule has 0 aromatic carbocycles. The van der Waals surface area contributed by atoms with Crippen LogP contribution in [-0.2, 0) is 4.74 Å². The Labute approximate surface area is 86.4 Å². The molecule has 0 aliphatic heterocycles. The zero-order valence-corrected chi connectivity index (χ0v) is 8.79. The summed E-state index contributed by atoms with van der Waals surface area (Å²) in [6, 6.07) is 0. The molecular formula is C8H16F3NOS. The van der Waals surface area contributed by atoms with Crippen molar-refractivity contribution in [3.8, 4) is 0 Å². The summed E-state index contributed by atoms with van der Waals surface area (Å²) in [5, 5.41) is 0. The van der Waals surface area contributed by atoms with Crippen LogP contribution in [0.2, 0.25) is 0 Å². The van der Waals surface area contributed by atoms with Gasteiger partial charge in [-0.3, -0.25) is 0 Å². The normalized spacial score (nSPS) is 12.0. The van der Waals surface area contributed by atoms with Crippen molar-refractivity contribution < 1.29 is 17.9 Å². The number of nitrogens with two attached hydrogens (primary N) is 1. The summed E-state index contributed by atoms with van der Waals surface area (Å²) in [6.07, 6.45) is -2.59. The lowest BCUT2D eigenvalue weighted by Gasteiger charge is -2.06. The molecule has 6 heteroatoms. The van der Waals surface area contributed by atoms with Crippen LogP contribution in [0.15, 0.2) is 0 Å². The van der Waals surface area contributed by atoms with E-state index in [1.54, 1.807) is 11.8 Å². The van der Waals surface area contributed by atoms with Crippen LogP contribution in [0.25, 0.3) is 0 Å². The van der Waals surface area contributed by atoms with Gasteiger partial charge in [-0.15, -0.1) is 0 Å². The summed E-state index contributed by atoms with van der Waals surface area (Å²) in [5.41, 5.74) is 5.28. The van der Waals surface area contributed by atoms with Crippen molar-refractivity contribution in [3.63, 3.8) is 0 Å². The van der Waals surface area contributed by atoms with Crippen LogP contribution < -0.4 is 5.73 Å². The van der Waals surface area contributed by atoms with Gasteiger partial charge in [0.25, 0.3) is 0 Å². The molecule has 0 aromatic rings. The number of halogens is 3. The van der Waals surface area contributed by atoms with Gasteiger partial charge in [0.15, 0.2) is 0 Å². The minimum atomic E-state index is -4.20. The van der Waals surface area contributed by atoms with Crippen LogP contribution in [0.3, 0.4) is 0 Å². The first-order valence-corrected chi connectivity index (χ1v) is 5.64. The van der Waals surface area contributed by atoms with Gasteiger partial charge in [0, 0.05) is 6.61 Å². The van der Waals surface area contributed by atoms with E-state index in [0.717, 1.165) is 17.9 Å². The van der Waals surface area contributed by atoms with Crippen LogP contribution in [0.1, 0.15) is 12.8 Å². The van der Waals surface area contributed by atoms with Gasteiger partial charge in [0.2, 0.25) is 0 Å². The number of thioether (sulfide) groups is 1. The van der Waals surface area contributed by atoms with Gasteiger partial charge in [-0.25, -0.2) is 0 Å². The molecule has 0 saturated carbocycles. The van der Waals surface area contributed by atoms with Crippen LogP contribution >= 0.6 is 11.8 Å². The van der Waals surface area contributed by atoms with Gasteiger partial charge < -0.3 is 10.5 Å². The summed E-state index contributed by atoms with van der Waals surface area (Å²) in [7, 11) is 0. The summed E-state index contributed by atoms with van der Waals surface area (Å²) in [4.78, 5) is 0. The first-order valence-electron chi connectivity index (χ1n) is 4.48. The monoisotopic (exact) mass is 231 g/mol. The molecule has 14 heavy (non-hydrogen) atoms. The van der Waals surface area contributed by atoms with Crippen molar-refractivity contribution >= 4 is 11.8 Å². The smallest absolute Gasteiger partial charge is 0.372 e. The molecule has 0 saturated heterocycles. The minimum Gasteiger partial charge on any atom is -0.372 e. The lowest BCUT2D eigenvalue weighted by molar-refractivity contribution is -0.173. The molecule has 0 heterocycles. The maximum absolute atomic E-state index is 11.6. The van der Waals surface area contributed by atoms with E-state index >= 15 is 0 Å². The van der Waals surface area contributed by atoms with E-state index in [9.17, 15) is 13.2 Å². The molecule has 0 radical (unpaired) electrons. The third kappa shape index (κ3) is 12.1. The first-order chi connectivity index (χ1) is 6.56. The van der Waals surface area contributed by atoms with Crippen molar-refractivity contribution in [3.05, 3.63) is 0 Å². The van der Waals surface area contributed by atoms with Crippen molar-refractivity contribution in [1.29, 1.82) is 0 Å². The summed E-state index contributed by atoms with van der Waals surface area (Å²) in [5.74, 6) is 1.80. The molecule has 2 nitrogen and oxygen atoms in total. The second-order valence-corrected chi connectivity index (χ2v) is 4.00. The van der Waals surface area contributed by atoms with Gasteiger partial charge in [0.05, 0.1) is 0 Å². The highest BCUT2D eigenvalue weighted by Crippen LogP contribution is 2.14. The highest BCUT2D eigenvalue weighted by atomic mass is 32.2. The van der Waals surface area contributed by atoms with E-state index < -0.39 is 12.8 Å². The Morgan fingerprint density at radius 1 is 1.14 bits per heavy atom. The summed E-state index contributed by atoms with van der Waals surface area (Å²) >= 11 is 1.69. The Bertz CT molecular complexity index is 132. The highest BCUT2D eigenvalue weighted by molar-refractivity contribution is 7.99. The zero-order chi connectivity index (χ0) is 10.9. The molecule has 0 aliphatic carbocycles. The van der Waals surface area contributed by atoms with Crippen LogP contribution in [-0.4, -0.2) is 37.4 Å². The molecule has 0 aliphatic rings. The molecular weight excluding hydrogens is 215 g/mol. The second-order valence-electron chi connectivity index (χ2n) is 2.78. The largest absolute Gasteiger partial charge is 0.411 e. The SMILES string of the molecule is NCCCSCCCOCC(F)(F)F. The van der Waals surface area contributed by atoms with Crippen molar-refractivity contribution in [2.75, 3.05) is 31.3 Å². The quantitative estimate of drug-likeness (QED) is 0.649. The van der Waals surface area contributed by atoms with E-state index in [1.807, 2.05) is 0 Å². The number of alkyl halides is 3. The van der Waals surface area contributed by atoms with E-state index in [0.29, 0.717) is 13.0 Å². The first kappa shape index (κ1) is 14.1. The molecule has 0 rings (SSSR count). The molecule has 2 N–H and O–H groups in total. The molecule has 0 atom stereocenters. The second kappa shape index (κ2) is 8.38. The molecule has 86 valence electrons. The van der Waals surface area contributed by atoms with Crippen LogP contribution in [0.4, 0.5) is 13.2 Å². The topological polar surface area (TPSA) is 35.2 Å². The van der Waals surface area contributed by atoms with Crippen molar-refractivity contribution in [2.45, 2.75) is 19.0 Å². The lowest BCUT2D eigenvalue weighted by Crippen LogP contribution is -2.17. The highest BCUT2D eigenvalue weighted by Gasteiger charge is 2.26. The average molecular weight is 231 g/mol. The minimum absolute atomic E-state index is 0.176.